The summed E-state index contributed by atoms with van der Waals surface area (Å²) in [6.07, 6.45) is 1.06. The zero-order valence-electron chi connectivity index (χ0n) is 15.5. The Labute approximate surface area is 150 Å². The maximum absolute atomic E-state index is 12.7. The second-order valence-electron chi connectivity index (χ2n) is 7.75. The van der Waals surface area contributed by atoms with Crippen molar-refractivity contribution in [1.29, 1.82) is 0 Å². The first-order chi connectivity index (χ1) is 11.9. The van der Waals surface area contributed by atoms with E-state index in [0.717, 1.165) is 25.1 Å². The quantitative estimate of drug-likeness (QED) is 0.880. The summed E-state index contributed by atoms with van der Waals surface area (Å²) in [6, 6.07) is 14.5. The number of nitrogens with one attached hydrogen (secondary N) is 1. The number of nitrogens with two attached hydrogens (primary N) is 1. The molecule has 3 rings (SSSR count). The fraction of sp³-hybridized carbons (Fsp3) is 0.476. The number of benzene rings is 2. The number of fused-ring (bicyclic) bond motifs is 1. The standard InChI is InChI=1S/C21H29N3O/c1-15(18-9-8-17-6-4-5-7-19(17)12-18)23-20(25)16(2)24-11-10-21(3,13-22)14-24/h4-9,12,15-16H,10-11,13-14,22H2,1-3H3,(H,23,25). The van der Waals surface area contributed by atoms with Crippen molar-refractivity contribution >= 4 is 16.7 Å². The molecule has 4 heteroatoms. The van der Waals surface area contributed by atoms with Crippen molar-refractivity contribution in [3.05, 3.63) is 48.0 Å². The van der Waals surface area contributed by atoms with Gasteiger partial charge in [0.1, 0.15) is 0 Å². The van der Waals surface area contributed by atoms with Gasteiger partial charge in [0.2, 0.25) is 5.91 Å². The first-order valence-corrected chi connectivity index (χ1v) is 9.15. The molecule has 1 saturated heterocycles. The Morgan fingerprint density at radius 3 is 2.64 bits per heavy atom. The fourth-order valence-electron chi connectivity index (χ4n) is 3.62. The topological polar surface area (TPSA) is 58.4 Å². The van der Waals surface area contributed by atoms with E-state index in [1.807, 2.05) is 26.0 Å². The van der Waals surface area contributed by atoms with E-state index in [1.165, 1.54) is 10.8 Å². The first-order valence-electron chi connectivity index (χ1n) is 9.15. The summed E-state index contributed by atoms with van der Waals surface area (Å²) in [4.78, 5) is 14.9. The average Bonchev–Trinajstić information content (AvgIpc) is 3.03. The molecule has 1 fully saturated rings. The lowest BCUT2D eigenvalue weighted by molar-refractivity contribution is -0.126. The number of rotatable bonds is 5. The molecule has 0 spiro atoms. The van der Waals surface area contributed by atoms with Gasteiger partial charge in [-0.2, -0.15) is 0 Å². The van der Waals surface area contributed by atoms with Crippen LogP contribution in [0.25, 0.3) is 10.8 Å². The van der Waals surface area contributed by atoms with E-state index in [9.17, 15) is 4.79 Å². The molecule has 1 amide bonds. The van der Waals surface area contributed by atoms with Crippen molar-refractivity contribution in [3.8, 4) is 0 Å². The number of hydrogen-bond acceptors (Lipinski definition) is 3. The lowest BCUT2D eigenvalue weighted by Gasteiger charge is -2.27. The molecule has 25 heavy (non-hydrogen) atoms. The largest absolute Gasteiger partial charge is 0.348 e. The summed E-state index contributed by atoms with van der Waals surface area (Å²) in [5.41, 5.74) is 7.15. The van der Waals surface area contributed by atoms with E-state index in [4.69, 9.17) is 5.73 Å². The van der Waals surface area contributed by atoms with Gasteiger partial charge in [-0.25, -0.2) is 0 Å². The lowest BCUT2D eigenvalue weighted by Crippen LogP contribution is -2.45. The summed E-state index contributed by atoms with van der Waals surface area (Å²) in [6.45, 7) is 8.74. The van der Waals surface area contributed by atoms with Crippen molar-refractivity contribution in [2.45, 2.75) is 39.3 Å². The van der Waals surface area contributed by atoms with E-state index < -0.39 is 0 Å². The fourth-order valence-corrected chi connectivity index (χ4v) is 3.62. The molecule has 3 atom stereocenters. The number of likely N-dealkylation sites (tertiary alicyclic amines) is 1. The summed E-state index contributed by atoms with van der Waals surface area (Å²) in [7, 11) is 0. The maximum Gasteiger partial charge on any atom is 0.237 e. The Morgan fingerprint density at radius 1 is 1.24 bits per heavy atom. The highest BCUT2D eigenvalue weighted by Gasteiger charge is 2.36. The van der Waals surface area contributed by atoms with Crippen LogP contribution in [0.3, 0.4) is 0 Å². The lowest BCUT2D eigenvalue weighted by atomic mass is 9.90. The van der Waals surface area contributed by atoms with Crippen LogP contribution >= 0.6 is 0 Å². The van der Waals surface area contributed by atoms with E-state index in [2.05, 4.69) is 47.5 Å². The molecule has 3 N–H and O–H groups in total. The van der Waals surface area contributed by atoms with Gasteiger partial charge in [-0.1, -0.05) is 43.3 Å². The van der Waals surface area contributed by atoms with Gasteiger partial charge in [-0.15, -0.1) is 0 Å². The van der Waals surface area contributed by atoms with Crippen molar-refractivity contribution in [3.63, 3.8) is 0 Å². The molecule has 0 radical (unpaired) electrons. The second-order valence-corrected chi connectivity index (χ2v) is 7.75. The Hall–Kier alpha value is -1.91. The molecule has 4 nitrogen and oxygen atoms in total. The minimum absolute atomic E-state index is 0.0111. The third-order valence-electron chi connectivity index (χ3n) is 5.64. The van der Waals surface area contributed by atoms with Gasteiger partial charge in [0.05, 0.1) is 12.1 Å². The van der Waals surface area contributed by atoms with Crippen LogP contribution in [0.2, 0.25) is 0 Å². The van der Waals surface area contributed by atoms with Crippen molar-refractivity contribution < 1.29 is 4.79 Å². The molecule has 0 aromatic heterocycles. The predicted molar refractivity (Wildman–Crippen MR) is 103 cm³/mol. The van der Waals surface area contributed by atoms with Crippen LogP contribution in [-0.4, -0.2) is 36.5 Å². The van der Waals surface area contributed by atoms with Crippen molar-refractivity contribution in [2.24, 2.45) is 11.1 Å². The molecule has 2 aromatic rings. The van der Waals surface area contributed by atoms with E-state index in [0.29, 0.717) is 6.54 Å². The summed E-state index contributed by atoms with van der Waals surface area (Å²) < 4.78 is 0. The number of carbonyl (C=O) groups excluding carboxylic acids is 1. The Kier molecular flexibility index (Phi) is 5.11. The average molecular weight is 339 g/mol. The molecular formula is C21H29N3O. The Balaban J connectivity index is 1.65. The molecule has 134 valence electrons. The number of carbonyl (C=O) groups is 1. The minimum atomic E-state index is -0.128. The van der Waals surface area contributed by atoms with Crippen LogP contribution in [0.4, 0.5) is 0 Å². The highest BCUT2D eigenvalue weighted by Crippen LogP contribution is 2.30. The van der Waals surface area contributed by atoms with Crippen LogP contribution < -0.4 is 11.1 Å². The molecule has 1 heterocycles. The van der Waals surface area contributed by atoms with Crippen LogP contribution in [0.15, 0.2) is 42.5 Å². The number of nitrogens with zero attached hydrogens (tertiary/aromatic N) is 1. The summed E-state index contributed by atoms with van der Waals surface area (Å²) in [5, 5.41) is 5.59. The summed E-state index contributed by atoms with van der Waals surface area (Å²) in [5.74, 6) is 0.0851. The van der Waals surface area contributed by atoms with E-state index in [-0.39, 0.29) is 23.4 Å². The van der Waals surface area contributed by atoms with Gasteiger partial charge in [-0.3, -0.25) is 9.69 Å². The molecule has 3 unspecified atom stereocenters. The molecule has 0 bridgehead atoms. The Morgan fingerprint density at radius 2 is 1.96 bits per heavy atom. The first kappa shape index (κ1) is 17.9. The molecule has 1 aliphatic rings. The Bertz CT molecular complexity index is 760. The number of amides is 1. The van der Waals surface area contributed by atoms with Crippen molar-refractivity contribution in [2.75, 3.05) is 19.6 Å². The van der Waals surface area contributed by atoms with Gasteiger partial charge in [0, 0.05) is 6.54 Å². The predicted octanol–water partition coefficient (Wildman–Crippen LogP) is 3.08. The minimum Gasteiger partial charge on any atom is -0.348 e. The van der Waals surface area contributed by atoms with Crippen LogP contribution in [0.1, 0.15) is 38.8 Å². The van der Waals surface area contributed by atoms with Crippen molar-refractivity contribution in [1.82, 2.24) is 10.2 Å². The van der Waals surface area contributed by atoms with Crippen LogP contribution in [-0.2, 0) is 4.79 Å². The van der Waals surface area contributed by atoms with Crippen LogP contribution in [0.5, 0.6) is 0 Å². The highest BCUT2D eigenvalue weighted by molar-refractivity contribution is 5.84. The van der Waals surface area contributed by atoms with Gasteiger partial charge >= 0.3 is 0 Å². The van der Waals surface area contributed by atoms with Gasteiger partial charge in [0.25, 0.3) is 0 Å². The molecule has 0 aliphatic carbocycles. The van der Waals surface area contributed by atoms with Gasteiger partial charge in [0.15, 0.2) is 0 Å². The molecule has 0 saturated carbocycles. The van der Waals surface area contributed by atoms with E-state index in [1.54, 1.807) is 0 Å². The summed E-state index contributed by atoms with van der Waals surface area (Å²) >= 11 is 0. The third-order valence-corrected chi connectivity index (χ3v) is 5.64. The normalized spacial score (nSPS) is 23.5. The second kappa shape index (κ2) is 7.14. The zero-order valence-corrected chi connectivity index (χ0v) is 15.5. The third kappa shape index (κ3) is 3.86. The molecule has 1 aliphatic heterocycles. The number of hydrogen-bond donors (Lipinski definition) is 2. The van der Waals surface area contributed by atoms with Crippen LogP contribution in [0, 0.1) is 5.41 Å². The molecule has 2 aromatic carbocycles. The smallest absolute Gasteiger partial charge is 0.237 e. The highest BCUT2D eigenvalue weighted by atomic mass is 16.2. The monoisotopic (exact) mass is 339 g/mol. The molecular weight excluding hydrogens is 310 g/mol. The van der Waals surface area contributed by atoms with E-state index >= 15 is 0 Å². The zero-order chi connectivity index (χ0) is 18.0. The SMILES string of the molecule is CC(NC(=O)C(C)N1CCC(C)(CN)C1)c1ccc2ccccc2c1. The van der Waals surface area contributed by atoms with Gasteiger partial charge < -0.3 is 11.1 Å². The van der Waals surface area contributed by atoms with Gasteiger partial charge in [-0.05, 0) is 61.2 Å². The maximum atomic E-state index is 12.7.